The van der Waals surface area contributed by atoms with Crippen LogP contribution in [0.1, 0.15) is 69.6 Å². The van der Waals surface area contributed by atoms with Gasteiger partial charge in [-0.25, -0.2) is 23.9 Å². The van der Waals surface area contributed by atoms with Gasteiger partial charge in [-0.3, -0.25) is 4.79 Å². The van der Waals surface area contributed by atoms with Crippen LogP contribution in [0.4, 0.5) is 9.59 Å². The molecule has 1 aliphatic heterocycles. The maximum absolute atomic E-state index is 14.2. The van der Waals surface area contributed by atoms with Crippen molar-refractivity contribution in [3.63, 3.8) is 0 Å². The molecule has 2 aromatic carbocycles. The lowest BCUT2D eigenvalue weighted by Crippen LogP contribution is -2.42. The lowest BCUT2D eigenvalue weighted by Gasteiger charge is -2.26. The number of hydrogen-bond donors (Lipinski definition) is 0. The number of aromatic nitrogens is 1. The molecule has 42 heavy (non-hydrogen) atoms. The van der Waals surface area contributed by atoms with Crippen LogP contribution in [0, 0.1) is 0 Å². The summed E-state index contributed by atoms with van der Waals surface area (Å²) in [6, 6.07) is 16.1. The van der Waals surface area contributed by atoms with Gasteiger partial charge in [0.1, 0.15) is 23.5 Å². The Hall–Kier alpha value is -4.60. The van der Waals surface area contributed by atoms with Gasteiger partial charge < -0.3 is 18.9 Å². The number of para-hydroxylation sites is 1. The van der Waals surface area contributed by atoms with Crippen LogP contribution in [0.5, 0.6) is 0 Å². The fourth-order valence-corrected chi connectivity index (χ4v) is 4.63. The van der Waals surface area contributed by atoms with Crippen molar-refractivity contribution in [1.29, 1.82) is 0 Å². The molecule has 0 aliphatic carbocycles. The monoisotopic (exact) mass is 576 g/mol. The van der Waals surface area contributed by atoms with E-state index in [1.807, 2.05) is 30.3 Å². The lowest BCUT2D eigenvalue weighted by molar-refractivity contribution is -0.140. The van der Waals surface area contributed by atoms with E-state index in [1.54, 1.807) is 65.8 Å². The van der Waals surface area contributed by atoms with Crippen molar-refractivity contribution in [2.45, 2.75) is 65.8 Å². The number of methoxy groups -OCH3 is 1. The zero-order chi connectivity index (χ0) is 30.8. The molecule has 10 nitrogen and oxygen atoms in total. The first-order valence-corrected chi connectivity index (χ1v) is 13.6. The summed E-state index contributed by atoms with van der Waals surface area (Å²) in [5, 5.41) is 0.498. The van der Waals surface area contributed by atoms with Gasteiger partial charge in [-0.05, 0) is 59.6 Å². The summed E-state index contributed by atoms with van der Waals surface area (Å²) in [5.74, 6) is -1.67. The molecule has 222 valence electrons. The molecule has 0 fully saturated rings. The van der Waals surface area contributed by atoms with E-state index in [0.29, 0.717) is 16.5 Å². The number of amides is 2. The summed E-state index contributed by atoms with van der Waals surface area (Å²) < 4.78 is 23.6. The van der Waals surface area contributed by atoms with E-state index < -0.39 is 35.3 Å². The van der Waals surface area contributed by atoms with Crippen molar-refractivity contribution in [3.05, 3.63) is 77.2 Å². The molecule has 0 unspecified atom stereocenters. The third-order valence-electron chi connectivity index (χ3n) is 6.27. The molecule has 0 radical (unpaired) electrons. The van der Waals surface area contributed by atoms with Crippen molar-refractivity contribution in [2.24, 2.45) is 0 Å². The first-order valence-electron chi connectivity index (χ1n) is 13.6. The standard InChI is InChI=1S/C32H36N2O8/c1-31(2,3)41-29(37)33-18-17-22(26(28(36)39-7)40-19-20-13-9-8-10-14-20)24-21-15-11-12-16-23(21)34(25(24)27(33)35)30(38)42-32(4,5)6/h8-16H,17-19H2,1-7H3/b26-22+. The van der Waals surface area contributed by atoms with E-state index in [-0.39, 0.29) is 36.6 Å². The molecule has 2 amide bonds. The SMILES string of the molecule is COC(=O)/C(OCc1ccccc1)=C1/CCN(C(=O)OC(C)(C)C)C(=O)c2c1c1ccccc1n2C(=O)OC(C)(C)C. The summed E-state index contributed by atoms with van der Waals surface area (Å²) in [6.45, 7) is 10.1. The highest BCUT2D eigenvalue weighted by atomic mass is 16.6. The van der Waals surface area contributed by atoms with Gasteiger partial charge >= 0.3 is 18.2 Å². The molecule has 4 rings (SSSR count). The molecule has 0 spiro atoms. The van der Waals surface area contributed by atoms with E-state index >= 15 is 0 Å². The number of esters is 1. The molecule has 1 aromatic heterocycles. The Balaban J connectivity index is 2.01. The highest BCUT2D eigenvalue weighted by molar-refractivity contribution is 6.16. The Labute approximate surface area is 244 Å². The van der Waals surface area contributed by atoms with Gasteiger partial charge in [0.05, 0.1) is 12.6 Å². The van der Waals surface area contributed by atoms with Crippen LogP contribution in [0.25, 0.3) is 16.5 Å². The van der Waals surface area contributed by atoms with Crippen LogP contribution in [-0.4, -0.2) is 58.4 Å². The summed E-state index contributed by atoms with van der Waals surface area (Å²) in [5.41, 5.74) is -0.168. The zero-order valence-corrected chi connectivity index (χ0v) is 25.0. The Morgan fingerprint density at radius 1 is 0.833 bits per heavy atom. The Bertz CT molecular complexity index is 1550. The van der Waals surface area contributed by atoms with Crippen LogP contribution >= 0.6 is 0 Å². The third-order valence-corrected chi connectivity index (χ3v) is 6.27. The van der Waals surface area contributed by atoms with Gasteiger partial charge in [-0.1, -0.05) is 48.5 Å². The molecule has 2 heterocycles. The normalized spacial score (nSPS) is 15.0. The number of ether oxygens (including phenoxy) is 4. The minimum Gasteiger partial charge on any atom is -0.481 e. The number of benzene rings is 2. The van der Waals surface area contributed by atoms with Crippen molar-refractivity contribution in [2.75, 3.05) is 13.7 Å². The number of imide groups is 1. The smallest absolute Gasteiger partial charge is 0.419 e. The molecule has 0 saturated carbocycles. The number of nitrogens with zero attached hydrogens (tertiary/aromatic N) is 2. The highest BCUT2D eigenvalue weighted by Gasteiger charge is 2.40. The van der Waals surface area contributed by atoms with E-state index in [4.69, 9.17) is 18.9 Å². The van der Waals surface area contributed by atoms with Crippen LogP contribution in [0.3, 0.4) is 0 Å². The van der Waals surface area contributed by atoms with Gasteiger partial charge in [0, 0.05) is 23.1 Å². The molecule has 0 N–H and O–H groups in total. The van der Waals surface area contributed by atoms with E-state index in [9.17, 15) is 19.2 Å². The molecule has 0 atom stereocenters. The van der Waals surface area contributed by atoms with E-state index in [0.717, 1.165) is 15.0 Å². The summed E-state index contributed by atoms with van der Waals surface area (Å²) in [7, 11) is 1.23. The third kappa shape index (κ3) is 6.48. The van der Waals surface area contributed by atoms with Crippen LogP contribution in [0.2, 0.25) is 0 Å². The average Bonchev–Trinajstić information content (AvgIpc) is 3.18. The second kappa shape index (κ2) is 11.7. The largest absolute Gasteiger partial charge is 0.481 e. The van der Waals surface area contributed by atoms with Gasteiger partial charge in [0.25, 0.3) is 5.91 Å². The van der Waals surface area contributed by atoms with Gasteiger partial charge in [-0.15, -0.1) is 0 Å². The first-order chi connectivity index (χ1) is 19.7. The van der Waals surface area contributed by atoms with Crippen LogP contribution < -0.4 is 0 Å². The fraction of sp³-hybridized carbons (Fsp3) is 0.375. The second-order valence-corrected chi connectivity index (χ2v) is 11.8. The number of carbonyl (C=O) groups is 4. The summed E-state index contributed by atoms with van der Waals surface area (Å²) in [6.07, 6.45) is -1.67. The predicted octanol–water partition coefficient (Wildman–Crippen LogP) is 6.31. The maximum atomic E-state index is 14.2. The number of hydrogen-bond acceptors (Lipinski definition) is 8. The maximum Gasteiger partial charge on any atom is 0.419 e. The summed E-state index contributed by atoms with van der Waals surface area (Å²) in [4.78, 5) is 55.3. The van der Waals surface area contributed by atoms with Gasteiger partial charge in [0.15, 0.2) is 0 Å². The average molecular weight is 577 g/mol. The molecule has 1 aliphatic rings. The predicted molar refractivity (Wildman–Crippen MR) is 156 cm³/mol. The van der Waals surface area contributed by atoms with Gasteiger partial charge in [0.2, 0.25) is 5.76 Å². The minimum atomic E-state index is -0.890. The molecular formula is C32H36N2O8. The summed E-state index contributed by atoms with van der Waals surface area (Å²) >= 11 is 0. The molecule has 10 heteroatoms. The molecular weight excluding hydrogens is 540 g/mol. The molecule has 0 saturated heterocycles. The highest BCUT2D eigenvalue weighted by Crippen LogP contribution is 2.39. The fourth-order valence-electron chi connectivity index (χ4n) is 4.63. The number of carbonyl (C=O) groups excluding carboxylic acids is 4. The second-order valence-electron chi connectivity index (χ2n) is 11.8. The van der Waals surface area contributed by atoms with Gasteiger partial charge in [-0.2, -0.15) is 0 Å². The minimum absolute atomic E-state index is 0.0273. The quantitative estimate of drug-likeness (QED) is 0.154. The molecule has 0 bridgehead atoms. The number of fused-ring (bicyclic) bond motifs is 3. The van der Waals surface area contributed by atoms with Crippen molar-refractivity contribution >= 4 is 40.5 Å². The van der Waals surface area contributed by atoms with Crippen molar-refractivity contribution in [1.82, 2.24) is 9.47 Å². The van der Waals surface area contributed by atoms with Crippen molar-refractivity contribution < 1.29 is 38.1 Å². The van der Waals surface area contributed by atoms with E-state index in [1.165, 1.54) is 7.11 Å². The molecule has 3 aromatic rings. The number of rotatable bonds is 4. The first kappa shape index (κ1) is 30.4. The topological polar surface area (TPSA) is 113 Å². The lowest BCUT2D eigenvalue weighted by atomic mass is 9.98. The Morgan fingerprint density at radius 3 is 2.05 bits per heavy atom. The van der Waals surface area contributed by atoms with E-state index in [2.05, 4.69) is 0 Å². The zero-order valence-electron chi connectivity index (χ0n) is 25.0. The van der Waals surface area contributed by atoms with Crippen molar-refractivity contribution in [3.8, 4) is 0 Å². The van der Waals surface area contributed by atoms with Crippen LogP contribution in [-0.2, 0) is 30.3 Å². The Morgan fingerprint density at radius 2 is 1.43 bits per heavy atom. The Kier molecular flexibility index (Phi) is 8.47. The van der Waals surface area contributed by atoms with Crippen LogP contribution in [0.15, 0.2) is 60.4 Å².